The Morgan fingerprint density at radius 2 is 1.87 bits per heavy atom. The van der Waals surface area contributed by atoms with Gasteiger partial charge < -0.3 is 5.32 Å². The van der Waals surface area contributed by atoms with Gasteiger partial charge in [-0.15, -0.1) is 0 Å². The third-order valence-electron chi connectivity index (χ3n) is 2.67. The SMILES string of the molecule is CC(CNc1ncc(F)cn1)C(C)(C)C. The van der Waals surface area contributed by atoms with E-state index < -0.39 is 5.82 Å². The Balaban J connectivity index is 2.47. The summed E-state index contributed by atoms with van der Waals surface area (Å²) >= 11 is 0. The van der Waals surface area contributed by atoms with E-state index in [0.717, 1.165) is 18.9 Å². The van der Waals surface area contributed by atoms with E-state index in [1.165, 1.54) is 0 Å². The van der Waals surface area contributed by atoms with Crippen molar-refractivity contribution in [2.24, 2.45) is 11.3 Å². The average molecular weight is 211 g/mol. The molecule has 0 fully saturated rings. The molecule has 1 aromatic rings. The van der Waals surface area contributed by atoms with E-state index in [0.29, 0.717) is 11.9 Å². The van der Waals surface area contributed by atoms with E-state index in [2.05, 4.69) is 43.0 Å². The molecule has 84 valence electrons. The van der Waals surface area contributed by atoms with Gasteiger partial charge in [0.15, 0.2) is 5.82 Å². The molecular weight excluding hydrogens is 193 g/mol. The summed E-state index contributed by atoms with van der Waals surface area (Å²) in [5.41, 5.74) is 0.243. The molecule has 3 nitrogen and oxygen atoms in total. The fourth-order valence-electron chi connectivity index (χ4n) is 0.954. The van der Waals surface area contributed by atoms with Gasteiger partial charge in [0.1, 0.15) is 0 Å². The normalized spacial score (nSPS) is 13.7. The standard InChI is InChI=1S/C11H18FN3/c1-8(11(2,3)4)5-13-10-14-6-9(12)7-15-10/h6-8H,5H2,1-4H3,(H,13,14,15). The summed E-state index contributed by atoms with van der Waals surface area (Å²) in [6, 6.07) is 0. The molecule has 0 aliphatic carbocycles. The van der Waals surface area contributed by atoms with Gasteiger partial charge in [0, 0.05) is 6.54 Å². The first-order valence-electron chi connectivity index (χ1n) is 5.11. The monoisotopic (exact) mass is 211 g/mol. The largest absolute Gasteiger partial charge is 0.354 e. The molecule has 0 saturated heterocycles. The Labute approximate surface area is 90.1 Å². The van der Waals surface area contributed by atoms with Gasteiger partial charge in [0.25, 0.3) is 0 Å². The maximum atomic E-state index is 12.5. The summed E-state index contributed by atoms with van der Waals surface area (Å²) in [7, 11) is 0. The fourth-order valence-corrected chi connectivity index (χ4v) is 0.954. The molecule has 1 unspecified atom stereocenters. The molecule has 1 aromatic heterocycles. The maximum absolute atomic E-state index is 12.5. The maximum Gasteiger partial charge on any atom is 0.222 e. The summed E-state index contributed by atoms with van der Waals surface area (Å²) in [6.45, 7) is 9.51. The quantitative estimate of drug-likeness (QED) is 0.835. The Morgan fingerprint density at radius 3 is 2.33 bits per heavy atom. The Bertz CT molecular complexity index is 303. The van der Waals surface area contributed by atoms with Crippen LogP contribution in [-0.4, -0.2) is 16.5 Å². The number of hydrogen-bond acceptors (Lipinski definition) is 3. The second kappa shape index (κ2) is 4.55. The number of rotatable bonds is 3. The predicted molar refractivity (Wildman–Crippen MR) is 59.1 cm³/mol. The van der Waals surface area contributed by atoms with E-state index >= 15 is 0 Å². The number of nitrogens with zero attached hydrogens (tertiary/aromatic N) is 2. The lowest BCUT2D eigenvalue weighted by atomic mass is 9.82. The van der Waals surface area contributed by atoms with Crippen molar-refractivity contribution < 1.29 is 4.39 Å². The van der Waals surface area contributed by atoms with Gasteiger partial charge in [-0.1, -0.05) is 27.7 Å². The molecule has 15 heavy (non-hydrogen) atoms. The highest BCUT2D eigenvalue weighted by Gasteiger charge is 2.19. The molecule has 1 rings (SSSR count). The van der Waals surface area contributed by atoms with Gasteiger partial charge in [-0.25, -0.2) is 14.4 Å². The van der Waals surface area contributed by atoms with E-state index in [9.17, 15) is 4.39 Å². The topological polar surface area (TPSA) is 37.8 Å². The highest BCUT2D eigenvalue weighted by Crippen LogP contribution is 2.24. The molecule has 0 aliphatic heterocycles. The van der Waals surface area contributed by atoms with Crippen LogP contribution in [0.25, 0.3) is 0 Å². The van der Waals surface area contributed by atoms with Crippen LogP contribution in [-0.2, 0) is 0 Å². The fraction of sp³-hybridized carbons (Fsp3) is 0.636. The molecule has 0 spiro atoms. The van der Waals surface area contributed by atoms with Gasteiger partial charge in [0.2, 0.25) is 5.95 Å². The van der Waals surface area contributed by atoms with E-state index in [4.69, 9.17) is 0 Å². The molecule has 1 atom stereocenters. The minimum atomic E-state index is -0.413. The summed E-state index contributed by atoms with van der Waals surface area (Å²) in [6.07, 6.45) is 2.33. The van der Waals surface area contributed by atoms with Crippen molar-refractivity contribution >= 4 is 5.95 Å². The Hall–Kier alpha value is -1.19. The first kappa shape index (κ1) is 11.9. The highest BCUT2D eigenvalue weighted by molar-refractivity contribution is 5.22. The van der Waals surface area contributed by atoms with Crippen molar-refractivity contribution in [1.82, 2.24) is 9.97 Å². The van der Waals surface area contributed by atoms with E-state index in [1.54, 1.807) is 0 Å². The molecule has 0 radical (unpaired) electrons. The second-order valence-corrected chi connectivity index (χ2v) is 4.87. The summed E-state index contributed by atoms with van der Waals surface area (Å²) < 4.78 is 12.5. The number of hydrogen-bond donors (Lipinski definition) is 1. The minimum Gasteiger partial charge on any atom is -0.354 e. The van der Waals surface area contributed by atoms with Gasteiger partial charge in [0.05, 0.1) is 12.4 Å². The van der Waals surface area contributed by atoms with Gasteiger partial charge >= 0.3 is 0 Å². The third kappa shape index (κ3) is 3.81. The van der Waals surface area contributed by atoms with Crippen LogP contribution >= 0.6 is 0 Å². The molecule has 0 aromatic carbocycles. The van der Waals surface area contributed by atoms with E-state index in [1.807, 2.05) is 0 Å². The number of aromatic nitrogens is 2. The van der Waals surface area contributed by atoms with Crippen molar-refractivity contribution in [1.29, 1.82) is 0 Å². The Kier molecular flexibility index (Phi) is 3.61. The molecular formula is C11H18FN3. The number of halogens is 1. The summed E-state index contributed by atoms with van der Waals surface area (Å²) in [5.74, 6) is 0.558. The summed E-state index contributed by atoms with van der Waals surface area (Å²) in [4.78, 5) is 7.67. The molecule has 1 N–H and O–H groups in total. The van der Waals surface area contributed by atoms with Gasteiger partial charge in [-0.2, -0.15) is 0 Å². The summed E-state index contributed by atoms with van der Waals surface area (Å²) in [5, 5.41) is 3.09. The van der Waals surface area contributed by atoms with Crippen LogP contribution in [0, 0.1) is 17.2 Å². The smallest absolute Gasteiger partial charge is 0.222 e. The van der Waals surface area contributed by atoms with Crippen molar-refractivity contribution in [3.05, 3.63) is 18.2 Å². The molecule has 1 heterocycles. The molecule has 0 saturated carbocycles. The number of nitrogens with one attached hydrogen (secondary N) is 1. The predicted octanol–water partition coefficient (Wildman–Crippen LogP) is 2.71. The second-order valence-electron chi connectivity index (χ2n) is 4.87. The lowest BCUT2D eigenvalue weighted by Gasteiger charge is -2.27. The van der Waals surface area contributed by atoms with Crippen LogP contribution in [0.5, 0.6) is 0 Å². The third-order valence-corrected chi connectivity index (χ3v) is 2.67. The van der Waals surface area contributed by atoms with Crippen molar-refractivity contribution in [2.75, 3.05) is 11.9 Å². The molecule has 0 amide bonds. The first-order chi connectivity index (χ1) is 6.89. The van der Waals surface area contributed by atoms with Crippen LogP contribution in [0.15, 0.2) is 12.4 Å². The van der Waals surface area contributed by atoms with E-state index in [-0.39, 0.29) is 5.41 Å². The van der Waals surface area contributed by atoms with Crippen LogP contribution in [0.4, 0.5) is 10.3 Å². The zero-order chi connectivity index (χ0) is 11.5. The molecule has 0 aliphatic rings. The van der Waals surface area contributed by atoms with Gasteiger partial charge in [-0.3, -0.25) is 0 Å². The zero-order valence-electron chi connectivity index (χ0n) is 9.71. The molecule has 0 bridgehead atoms. The van der Waals surface area contributed by atoms with Crippen LogP contribution in [0.3, 0.4) is 0 Å². The highest BCUT2D eigenvalue weighted by atomic mass is 19.1. The average Bonchev–Trinajstić information content (AvgIpc) is 2.15. The molecule has 4 heteroatoms. The van der Waals surface area contributed by atoms with Crippen LogP contribution < -0.4 is 5.32 Å². The number of anilines is 1. The van der Waals surface area contributed by atoms with Crippen molar-refractivity contribution in [3.63, 3.8) is 0 Å². The Morgan fingerprint density at radius 1 is 1.33 bits per heavy atom. The van der Waals surface area contributed by atoms with Crippen LogP contribution in [0.2, 0.25) is 0 Å². The first-order valence-corrected chi connectivity index (χ1v) is 5.11. The van der Waals surface area contributed by atoms with Crippen LogP contribution in [0.1, 0.15) is 27.7 Å². The van der Waals surface area contributed by atoms with Crippen molar-refractivity contribution in [2.45, 2.75) is 27.7 Å². The lowest BCUT2D eigenvalue weighted by molar-refractivity contribution is 0.274. The zero-order valence-corrected chi connectivity index (χ0v) is 9.71. The minimum absolute atomic E-state index is 0.243. The van der Waals surface area contributed by atoms with Crippen molar-refractivity contribution in [3.8, 4) is 0 Å². The lowest BCUT2D eigenvalue weighted by Crippen LogP contribution is -2.25. The van der Waals surface area contributed by atoms with Gasteiger partial charge in [-0.05, 0) is 11.3 Å².